The molecule has 3 saturated carbocycles. The Hall–Kier alpha value is -4.96. The van der Waals surface area contributed by atoms with Crippen LogP contribution >= 0.6 is 11.3 Å². The van der Waals surface area contributed by atoms with E-state index >= 15 is 0 Å². The number of hydrogen-bond donors (Lipinski definition) is 3. The van der Waals surface area contributed by atoms with Gasteiger partial charge >= 0.3 is 6.09 Å². The molecule has 1 saturated heterocycles. The maximum absolute atomic E-state index is 14.8. The number of nitrogens with one attached hydrogen (secondary N) is 3. The van der Waals surface area contributed by atoms with Crippen LogP contribution < -0.4 is 20.1 Å². The highest BCUT2D eigenvalue weighted by Gasteiger charge is 2.63. The van der Waals surface area contributed by atoms with Gasteiger partial charge in [0.25, 0.3) is 5.91 Å². The molecule has 9 rings (SSSR count). The van der Waals surface area contributed by atoms with E-state index < -0.39 is 68.2 Å². The van der Waals surface area contributed by atoms with Crippen molar-refractivity contribution < 1.29 is 41.5 Å². The number of rotatable bonds is 9. The molecule has 61 heavy (non-hydrogen) atoms. The molecule has 1 aromatic carbocycles. The summed E-state index contributed by atoms with van der Waals surface area (Å²) in [6.07, 6.45) is 11.0. The third-order valence-electron chi connectivity index (χ3n) is 13.2. The summed E-state index contributed by atoms with van der Waals surface area (Å²) >= 11 is 1.64. The van der Waals surface area contributed by atoms with Crippen molar-refractivity contribution in [3.8, 4) is 16.3 Å². The lowest BCUT2D eigenvalue weighted by Gasteiger charge is -2.30. The normalized spacial score (nSPS) is 26.8. The number of carbonyl (C=O) groups is 4. The zero-order valence-corrected chi connectivity index (χ0v) is 36.2. The van der Waals surface area contributed by atoms with Crippen LogP contribution in [0.15, 0.2) is 59.0 Å². The first-order valence-electron chi connectivity index (χ1n) is 21.8. The molecule has 3 aliphatic carbocycles. The SMILES string of the molecule is CCc1ccc(-c2cc(O[C@@H]3C[C@H]4C(=O)N[C@]5(C(=O)NS(=O)(=O)C6(C)CC6)C[C@H]5C=CCCCCC[C@H](NC(=O)OC5CCCC5)C(=O)N4C3)c3oc4ccccc4c3n2)s1. The number of nitrogens with zero attached hydrogens (tertiary/aromatic N) is 2. The van der Waals surface area contributed by atoms with Gasteiger partial charge in [0.1, 0.15) is 40.9 Å². The first kappa shape index (κ1) is 41.4. The molecule has 5 aliphatic rings. The summed E-state index contributed by atoms with van der Waals surface area (Å²) in [5.74, 6) is -1.91. The lowest BCUT2D eigenvalue weighted by molar-refractivity contribution is -0.141. The number of benzene rings is 1. The molecule has 0 bridgehead atoms. The van der Waals surface area contributed by atoms with Crippen molar-refractivity contribution >= 4 is 67.2 Å². The van der Waals surface area contributed by atoms with Gasteiger partial charge in [-0.15, -0.1) is 11.3 Å². The van der Waals surface area contributed by atoms with Gasteiger partial charge in [0, 0.05) is 28.7 Å². The standard InChI is InChI=1S/C45H53N5O9S2/c1-3-30-19-20-37(60-30)33-24-36(39-38(46-33)31-16-11-12-18-35(31)59-39)57-29-23-34-40(51)48-45(42(53)49-61(55,56)44(2)21-22-44)25-27(45)13-7-5-4-6-8-17-32(41(52)50(34)26-29)47-43(54)58-28-14-9-10-15-28/h7,11-13,16,18-20,24,27-29,32,34H,3-6,8-10,14-15,17,21-23,25-26H2,1-2H3,(H,47,54)(H,48,51)(H,49,53)/t27-,29-,32+,34+,45-/m1/s1. The number of aromatic nitrogens is 1. The molecule has 5 heterocycles. The van der Waals surface area contributed by atoms with E-state index in [2.05, 4.69) is 28.3 Å². The minimum Gasteiger partial charge on any atom is -0.484 e. The van der Waals surface area contributed by atoms with Crippen molar-refractivity contribution in [1.82, 2.24) is 25.2 Å². The quantitative estimate of drug-likeness (QED) is 0.147. The lowest BCUT2D eigenvalue weighted by Crippen LogP contribution is -2.58. The van der Waals surface area contributed by atoms with Crippen molar-refractivity contribution in [2.45, 2.75) is 138 Å². The molecule has 4 aromatic rings. The fraction of sp³-hybridized carbons (Fsp3) is 0.533. The fourth-order valence-corrected chi connectivity index (χ4v) is 11.3. The average Bonchev–Trinajstić information content (AvgIpc) is 3.73. The van der Waals surface area contributed by atoms with Crippen LogP contribution in [0.25, 0.3) is 32.6 Å². The number of thiophene rings is 1. The van der Waals surface area contributed by atoms with Crippen LogP contribution in [0.2, 0.25) is 0 Å². The van der Waals surface area contributed by atoms with E-state index in [1.165, 1.54) is 9.78 Å². The highest BCUT2D eigenvalue weighted by atomic mass is 32.2. The van der Waals surface area contributed by atoms with Gasteiger partial charge in [0.2, 0.25) is 21.8 Å². The van der Waals surface area contributed by atoms with Gasteiger partial charge in [-0.05, 0) is 102 Å². The van der Waals surface area contributed by atoms with Crippen LogP contribution in [0.1, 0.15) is 102 Å². The highest BCUT2D eigenvalue weighted by molar-refractivity contribution is 7.91. The van der Waals surface area contributed by atoms with Crippen LogP contribution in [0.4, 0.5) is 4.79 Å². The van der Waals surface area contributed by atoms with Gasteiger partial charge in [-0.1, -0.05) is 44.1 Å². The van der Waals surface area contributed by atoms with E-state index in [9.17, 15) is 27.6 Å². The smallest absolute Gasteiger partial charge is 0.408 e. The molecule has 0 spiro atoms. The minimum atomic E-state index is -4.00. The zero-order valence-electron chi connectivity index (χ0n) is 34.6. The molecule has 4 amide bonds. The monoisotopic (exact) mass is 871 g/mol. The first-order valence-corrected chi connectivity index (χ1v) is 24.1. The second-order valence-electron chi connectivity index (χ2n) is 17.6. The topological polar surface area (TPSA) is 186 Å². The van der Waals surface area contributed by atoms with Crippen molar-refractivity contribution in [2.75, 3.05) is 6.54 Å². The Balaban J connectivity index is 1.05. The Labute approximate surface area is 359 Å². The van der Waals surface area contributed by atoms with E-state index in [1.807, 2.05) is 48.6 Å². The molecular formula is C45H53N5O9S2. The van der Waals surface area contributed by atoms with Gasteiger partial charge < -0.3 is 29.4 Å². The van der Waals surface area contributed by atoms with Gasteiger partial charge in [-0.3, -0.25) is 19.1 Å². The molecule has 14 nitrogen and oxygen atoms in total. The van der Waals surface area contributed by atoms with E-state index in [0.29, 0.717) is 60.2 Å². The molecule has 3 aromatic heterocycles. The molecule has 5 atom stereocenters. The highest BCUT2D eigenvalue weighted by Crippen LogP contribution is 2.48. The number of hydrogen-bond acceptors (Lipinski definition) is 11. The van der Waals surface area contributed by atoms with Crippen LogP contribution in [0, 0.1) is 5.92 Å². The molecule has 2 aliphatic heterocycles. The Morgan fingerprint density at radius 2 is 1.82 bits per heavy atom. The average molecular weight is 872 g/mol. The molecule has 4 fully saturated rings. The Morgan fingerprint density at radius 1 is 1.03 bits per heavy atom. The number of allylic oxidation sites excluding steroid dienone is 1. The predicted molar refractivity (Wildman–Crippen MR) is 230 cm³/mol. The van der Waals surface area contributed by atoms with Crippen molar-refractivity contribution in [3.05, 3.63) is 59.5 Å². The second kappa shape index (κ2) is 16.4. The first-order chi connectivity index (χ1) is 29.4. The molecule has 324 valence electrons. The van der Waals surface area contributed by atoms with Gasteiger partial charge in [-0.2, -0.15) is 0 Å². The van der Waals surface area contributed by atoms with Gasteiger partial charge in [0.15, 0.2) is 11.3 Å². The van der Waals surface area contributed by atoms with Crippen molar-refractivity contribution in [2.24, 2.45) is 5.92 Å². The van der Waals surface area contributed by atoms with Gasteiger partial charge in [-0.25, -0.2) is 18.2 Å². The number of pyridine rings is 1. The zero-order chi connectivity index (χ0) is 42.5. The van der Waals surface area contributed by atoms with Crippen LogP contribution in [-0.2, 0) is 35.6 Å². The summed E-state index contributed by atoms with van der Waals surface area (Å²) in [5, 5.41) is 6.61. The van der Waals surface area contributed by atoms with Crippen LogP contribution in [-0.4, -0.2) is 83.2 Å². The number of alkyl carbamates (subject to hydrolysis) is 1. The molecule has 3 N–H and O–H groups in total. The Bertz CT molecular complexity index is 2500. The third-order valence-corrected chi connectivity index (χ3v) is 16.6. The van der Waals surface area contributed by atoms with E-state index in [-0.39, 0.29) is 25.5 Å². The number of sulfonamides is 1. The number of ether oxygens (including phenoxy) is 2. The number of aryl methyl sites for hydroxylation is 1. The molecular weight excluding hydrogens is 819 g/mol. The van der Waals surface area contributed by atoms with E-state index in [1.54, 1.807) is 18.3 Å². The summed E-state index contributed by atoms with van der Waals surface area (Å²) in [6.45, 7) is 3.69. The number of para-hydroxylation sites is 1. The lowest BCUT2D eigenvalue weighted by atomic mass is 10.0. The van der Waals surface area contributed by atoms with Crippen molar-refractivity contribution in [1.29, 1.82) is 0 Å². The number of fused-ring (bicyclic) bond motifs is 5. The van der Waals surface area contributed by atoms with Crippen LogP contribution in [0.3, 0.4) is 0 Å². The third kappa shape index (κ3) is 8.25. The van der Waals surface area contributed by atoms with Crippen LogP contribution in [0.5, 0.6) is 5.75 Å². The maximum atomic E-state index is 14.8. The summed E-state index contributed by atoms with van der Waals surface area (Å²) < 4.78 is 46.7. The minimum absolute atomic E-state index is 0.0135. The second-order valence-corrected chi connectivity index (χ2v) is 21.0. The fourth-order valence-electron chi connectivity index (χ4n) is 9.03. The Morgan fingerprint density at radius 3 is 2.59 bits per heavy atom. The molecule has 16 heteroatoms. The van der Waals surface area contributed by atoms with E-state index in [4.69, 9.17) is 18.9 Å². The number of furan rings is 1. The summed E-state index contributed by atoms with van der Waals surface area (Å²) in [6, 6.07) is 11.4. The van der Waals surface area contributed by atoms with Crippen molar-refractivity contribution in [3.63, 3.8) is 0 Å². The number of amides is 4. The summed E-state index contributed by atoms with van der Waals surface area (Å²) in [4.78, 5) is 65.4. The summed E-state index contributed by atoms with van der Waals surface area (Å²) in [7, 11) is -4.00. The largest absolute Gasteiger partial charge is 0.484 e. The predicted octanol–water partition coefficient (Wildman–Crippen LogP) is 7.05. The maximum Gasteiger partial charge on any atom is 0.408 e. The summed E-state index contributed by atoms with van der Waals surface area (Å²) in [5.41, 5.74) is 0.855. The Kier molecular flexibility index (Phi) is 11.1. The van der Waals surface area contributed by atoms with E-state index in [0.717, 1.165) is 55.2 Å². The molecule has 0 unspecified atom stereocenters. The number of carbonyl (C=O) groups excluding carboxylic acids is 4. The van der Waals surface area contributed by atoms with Gasteiger partial charge in [0.05, 0.1) is 21.9 Å². The molecule has 0 radical (unpaired) electrons.